The van der Waals surface area contributed by atoms with Crippen molar-refractivity contribution < 1.29 is 46.5 Å². The van der Waals surface area contributed by atoms with Crippen molar-refractivity contribution in [3.05, 3.63) is 40.6 Å². The molecular weight excluding hydrogens is 387 g/mol. The molecule has 11 heteroatoms. The largest absolute Gasteiger partial charge is 0.466 e. The first-order chi connectivity index (χ1) is 13.1. The highest BCUT2D eigenvalue weighted by Crippen LogP contribution is 2.36. The number of nitrogens with zero attached hydrogens (tertiary/aromatic N) is 1. The summed E-state index contributed by atoms with van der Waals surface area (Å²) in [6.45, 7) is -0.625. The molecule has 152 valence electrons. The molecule has 0 spiro atoms. The van der Waals surface area contributed by atoms with E-state index in [2.05, 4.69) is 14.2 Å². The van der Waals surface area contributed by atoms with Gasteiger partial charge in [-0.3, -0.25) is 0 Å². The molecule has 0 amide bonds. The second-order valence-corrected chi connectivity index (χ2v) is 5.44. The van der Waals surface area contributed by atoms with Crippen LogP contribution in [0.15, 0.2) is 29.5 Å². The lowest BCUT2D eigenvalue weighted by Gasteiger charge is -2.31. The third-order valence-corrected chi connectivity index (χ3v) is 3.86. The van der Waals surface area contributed by atoms with Crippen molar-refractivity contribution in [2.45, 2.75) is 6.18 Å². The Balaban J connectivity index is 2.66. The number of esters is 3. The normalized spacial score (nSPS) is 14.6. The lowest BCUT2D eigenvalue weighted by Crippen LogP contribution is -2.39. The Labute approximate surface area is 157 Å². The summed E-state index contributed by atoms with van der Waals surface area (Å²) in [5, 5.41) is 0. The number of benzene rings is 1. The second kappa shape index (κ2) is 8.30. The van der Waals surface area contributed by atoms with E-state index in [9.17, 15) is 27.6 Å². The van der Waals surface area contributed by atoms with E-state index in [-0.39, 0.29) is 30.3 Å². The molecular formula is C17H16F3NO7. The molecule has 1 heterocycles. The van der Waals surface area contributed by atoms with Gasteiger partial charge < -0.3 is 23.8 Å². The minimum atomic E-state index is -4.88. The summed E-state index contributed by atoms with van der Waals surface area (Å²) in [5.74, 6) is -3.03. The molecule has 0 saturated carbocycles. The van der Waals surface area contributed by atoms with Crippen molar-refractivity contribution in [2.24, 2.45) is 0 Å². The summed E-state index contributed by atoms with van der Waals surface area (Å²) >= 11 is 0. The van der Waals surface area contributed by atoms with Gasteiger partial charge in [0.25, 0.3) is 0 Å². The topological polar surface area (TPSA) is 91.4 Å². The summed E-state index contributed by atoms with van der Waals surface area (Å²) in [5.41, 5.74) is -2.66. The van der Waals surface area contributed by atoms with Crippen LogP contribution in [0, 0.1) is 0 Å². The summed E-state index contributed by atoms with van der Waals surface area (Å²) in [4.78, 5) is 36.8. The highest BCUT2D eigenvalue weighted by atomic mass is 19.4. The molecule has 0 atom stereocenters. The minimum absolute atomic E-state index is 0.151. The van der Waals surface area contributed by atoms with E-state index >= 15 is 0 Å². The maximum Gasteiger partial charge on any atom is 0.417 e. The number of ether oxygens (including phenoxy) is 4. The molecule has 0 fully saturated rings. The first kappa shape index (κ1) is 21.2. The second-order valence-electron chi connectivity index (χ2n) is 5.44. The molecule has 0 unspecified atom stereocenters. The van der Waals surface area contributed by atoms with Crippen molar-refractivity contribution in [3.8, 4) is 0 Å². The van der Waals surface area contributed by atoms with Gasteiger partial charge in [-0.25, -0.2) is 14.4 Å². The molecule has 1 aromatic rings. The highest BCUT2D eigenvalue weighted by molar-refractivity contribution is 6.03. The van der Waals surface area contributed by atoms with Crippen molar-refractivity contribution in [1.29, 1.82) is 0 Å². The third-order valence-electron chi connectivity index (χ3n) is 3.86. The fourth-order valence-electron chi connectivity index (χ4n) is 2.57. The van der Waals surface area contributed by atoms with E-state index in [0.717, 1.165) is 38.4 Å². The predicted octanol–water partition coefficient (Wildman–Crippen LogP) is 1.89. The molecule has 1 aromatic carbocycles. The Hall–Kier alpha value is -3.08. The van der Waals surface area contributed by atoms with Crippen LogP contribution < -0.4 is 4.90 Å². The van der Waals surface area contributed by atoms with E-state index in [0.29, 0.717) is 6.07 Å². The van der Waals surface area contributed by atoms with E-state index in [1.807, 2.05) is 0 Å². The van der Waals surface area contributed by atoms with Gasteiger partial charge in [0.15, 0.2) is 0 Å². The number of carbonyl (C=O) groups excluding carboxylic acids is 3. The maximum atomic E-state index is 13.4. The average Bonchev–Trinajstić information content (AvgIpc) is 2.70. The summed E-state index contributed by atoms with van der Waals surface area (Å²) < 4.78 is 59.1. The van der Waals surface area contributed by atoms with Crippen molar-refractivity contribution in [3.63, 3.8) is 0 Å². The first-order valence-electron chi connectivity index (χ1n) is 7.70. The van der Waals surface area contributed by atoms with E-state index in [4.69, 9.17) is 4.74 Å². The molecule has 0 saturated heterocycles. The van der Waals surface area contributed by atoms with Crippen LogP contribution in [0.1, 0.15) is 15.9 Å². The van der Waals surface area contributed by atoms with Crippen LogP contribution in [0.3, 0.4) is 0 Å². The Morgan fingerprint density at radius 2 is 1.61 bits per heavy atom. The number of methoxy groups -OCH3 is 3. The molecule has 0 aliphatic carbocycles. The number of rotatable bonds is 4. The zero-order chi connectivity index (χ0) is 21.1. The Kier molecular flexibility index (Phi) is 6.29. The molecule has 1 aliphatic heterocycles. The monoisotopic (exact) mass is 403 g/mol. The number of alkyl halides is 3. The zero-order valence-corrected chi connectivity index (χ0v) is 15.1. The number of anilines is 1. The standard InChI is InChI=1S/C17H16F3NO7/c1-25-14(22)10-5-4-9(6-12(10)17(18,19)20)21-8-28-7-11(15(23)26-2)13(21)16(24)27-3/h4-6H,7-8H2,1-3H3. The van der Waals surface area contributed by atoms with E-state index < -0.39 is 35.2 Å². The quantitative estimate of drug-likeness (QED) is 0.556. The SMILES string of the molecule is COC(=O)C1=C(C(=O)OC)N(c2ccc(C(=O)OC)c(C(F)(F)F)c2)COC1. The van der Waals surface area contributed by atoms with Crippen molar-refractivity contribution in [1.82, 2.24) is 0 Å². The van der Waals surface area contributed by atoms with Gasteiger partial charge in [-0.05, 0) is 18.2 Å². The van der Waals surface area contributed by atoms with Crippen LogP contribution in [-0.2, 0) is 34.7 Å². The van der Waals surface area contributed by atoms with Crippen molar-refractivity contribution in [2.75, 3.05) is 39.6 Å². The Morgan fingerprint density at radius 3 is 2.14 bits per heavy atom. The number of hydrogen-bond acceptors (Lipinski definition) is 8. The number of halogens is 3. The average molecular weight is 403 g/mol. The van der Waals surface area contributed by atoms with Gasteiger partial charge in [-0.15, -0.1) is 0 Å². The van der Waals surface area contributed by atoms with Crippen LogP contribution in [0.2, 0.25) is 0 Å². The molecule has 1 aliphatic rings. The van der Waals surface area contributed by atoms with E-state index in [1.165, 1.54) is 0 Å². The fraction of sp³-hybridized carbons (Fsp3) is 0.353. The lowest BCUT2D eigenvalue weighted by molar-refractivity contribution is -0.140. The maximum absolute atomic E-state index is 13.4. The van der Waals surface area contributed by atoms with Gasteiger partial charge in [-0.2, -0.15) is 13.2 Å². The molecule has 0 N–H and O–H groups in total. The molecule has 2 rings (SSSR count). The molecule has 0 radical (unpaired) electrons. The third kappa shape index (κ3) is 4.09. The van der Waals surface area contributed by atoms with Crippen LogP contribution in [0.5, 0.6) is 0 Å². The van der Waals surface area contributed by atoms with Gasteiger partial charge in [0, 0.05) is 5.69 Å². The summed E-state index contributed by atoms with van der Waals surface area (Å²) in [6, 6.07) is 2.72. The van der Waals surface area contributed by atoms with Crippen LogP contribution in [0.4, 0.5) is 18.9 Å². The zero-order valence-electron chi connectivity index (χ0n) is 15.1. The number of carbonyl (C=O) groups is 3. The summed E-state index contributed by atoms with van der Waals surface area (Å²) in [7, 11) is 3.09. The van der Waals surface area contributed by atoms with E-state index in [1.54, 1.807) is 0 Å². The van der Waals surface area contributed by atoms with Gasteiger partial charge in [0.1, 0.15) is 12.4 Å². The Bertz CT molecular complexity index is 833. The van der Waals surface area contributed by atoms with Gasteiger partial charge in [0.05, 0.1) is 44.6 Å². The molecule has 28 heavy (non-hydrogen) atoms. The fourth-order valence-corrected chi connectivity index (χ4v) is 2.57. The lowest BCUT2D eigenvalue weighted by atomic mass is 10.0. The van der Waals surface area contributed by atoms with Gasteiger partial charge >= 0.3 is 24.1 Å². The van der Waals surface area contributed by atoms with Gasteiger partial charge in [0.2, 0.25) is 0 Å². The highest BCUT2D eigenvalue weighted by Gasteiger charge is 2.38. The minimum Gasteiger partial charge on any atom is -0.466 e. The summed E-state index contributed by atoms with van der Waals surface area (Å²) in [6.07, 6.45) is -4.88. The van der Waals surface area contributed by atoms with Crippen LogP contribution in [-0.4, -0.2) is 52.6 Å². The van der Waals surface area contributed by atoms with Crippen molar-refractivity contribution >= 4 is 23.6 Å². The smallest absolute Gasteiger partial charge is 0.417 e. The molecule has 8 nitrogen and oxygen atoms in total. The molecule has 0 aromatic heterocycles. The van der Waals surface area contributed by atoms with Crippen LogP contribution in [0.25, 0.3) is 0 Å². The number of hydrogen-bond donors (Lipinski definition) is 0. The Morgan fingerprint density at radius 1 is 1.00 bits per heavy atom. The first-order valence-corrected chi connectivity index (χ1v) is 7.70. The molecule has 0 bridgehead atoms. The van der Waals surface area contributed by atoms with Gasteiger partial charge in [-0.1, -0.05) is 0 Å². The predicted molar refractivity (Wildman–Crippen MR) is 87.1 cm³/mol. The van der Waals surface area contributed by atoms with Crippen LogP contribution >= 0.6 is 0 Å².